The molecule has 2 fully saturated rings. The number of fused-ring (bicyclic) bond motifs is 2. The Balaban J connectivity index is 1.36. The van der Waals surface area contributed by atoms with Gasteiger partial charge in [-0.3, -0.25) is 0 Å². The fourth-order valence-corrected chi connectivity index (χ4v) is 8.72. The van der Waals surface area contributed by atoms with Gasteiger partial charge in [0.1, 0.15) is 11.6 Å². The summed E-state index contributed by atoms with van der Waals surface area (Å²) >= 11 is 0. The normalized spacial score (nSPS) is 41.7. The molecule has 196 valence electrons. The van der Waals surface area contributed by atoms with E-state index in [2.05, 4.69) is 56.1 Å². The van der Waals surface area contributed by atoms with Crippen LogP contribution in [-0.4, -0.2) is 63.6 Å². The molecule has 5 aliphatic rings. The molecular weight excluding hydrogens is 464 g/mol. The Bertz CT molecular complexity index is 1420. The molecule has 6 nitrogen and oxygen atoms in total. The minimum atomic E-state index is -0.913. The molecule has 1 unspecified atom stereocenters. The second-order valence-electron chi connectivity index (χ2n) is 13.1. The van der Waals surface area contributed by atoms with Crippen molar-refractivity contribution in [2.24, 2.45) is 16.7 Å². The molecule has 1 aromatic heterocycles. The number of hydrogen-bond donors (Lipinski definition) is 2. The third-order valence-electron chi connectivity index (χ3n) is 10.9. The average molecular weight is 503 g/mol. The highest BCUT2D eigenvalue weighted by Crippen LogP contribution is 2.71. The summed E-state index contributed by atoms with van der Waals surface area (Å²) in [6, 6.07) is 6.25. The van der Waals surface area contributed by atoms with Crippen molar-refractivity contribution in [3.8, 4) is 0 Å². The maximum absolute atomic E-state index is 11.3. The van der Waals surface area contributed by atoms with E-state index in [1.165, 1.54) is 16.7 Å². The van der Waals surface area contributed by atoms with Crippen molar-refractivity contribution in [1.29, 1.82) is 0 Å². The highest BCUT2D eigenvalue weighted by atomic mass is 16.5. The van der Waals surface area contributed by atoms with Gasteiger partial charge in [-0.1, -0.05) is 45.1 Å². The van der Waals surface area contributed by atoms with E-state index in [0.717, 1.165) is 35.9 Å². The highest BCUT2D eigenvalue weighted by Gasteiger charge is 2.70. The lowest BCUT2D eigenvalue weighted by Crippen LogP contribution is -2.63. The molecule has 1 saturated carbocycles. The molecule has 0 amide bonds. The first-order chi connectivity index (χ1) is 17.4. The third kappa shape index (κ3) is 2.82. The van der Waals surface area contributed by atoms with Crippen molar-refractivity contribution in [1.82, 2.24) is 9.88 Å². The smallest absolute Gasteiger partial charge is 0.192 e. The van der Waals surface area contributed by atoms with Crippen LogP contribution in [0.4, 0.5) is 0 Å². The van der Waals surface area contributed by atoms with Gasteiger partial charge in [0.05, 0.1) is 17.3 Å². The lowest BCUT2D eigenvalue weighted by Gasteiger charge is -2.60. The summed E-state index contributed by atoms with van der Waals surface area (Å²) in [5.41, 5.74) is 5.14. The maximum atomic E-state index is 11.3. The van der Waals surface area contributed by atoms with Gasteiger partial charge in [0.2, 0.25) is 0 Å². The summed E-state index contributed by atoms with van der Waals surface area (Å²) in [6.45, 7) is 8.98. The van der Waals surface area contributed by atoms with Crippen LogP contribution in [-0.2, 0) is 4.74 Å². The van der Waals surface area contributed by atoms with E-state index in [1.807, 2.05) is 32.0 Å². The fraction of sp³-hybridized carbons (Fsp3) is 0.581. The number of aliphatic hydroxyl groups excluding tert-OH is 2. The number of oxazole rings is 1. The van der Waals surface area contributed by atoms with Gasteiger partial charge in [0.15, 0.2) is 11.5 Å². The monoisotopic (exact) mass is 502 g/mol. The van der Waals surface area contributed by atoms with Crippen LogP contribution in [0.15, 0.2) is 52.0 Å². The quantitative estimate of drug-likeness (QED) is 0.615. The summed E-state index contributed by atoms with van der Waals surface area (Å²) in [5, 5.41) is 22.2. The fourth-order valence-electron chi connectivity index (χ4n) is 8.72. The molecule has 2 N–H and O–H groups in total. The summed E-state index contributed by atoms with van der Waals surface area (Å²) in [5.74, 6) is 0.963. The van der Waals surface area contributed by atoms with Gasteiger partial charge in [0, 0.05) is 24.3 Å². The zero-order valence-corrected chi connectivity index (χ0v) is 22.7. The van der Waals surface area contributed by atoms with E-state index in [0.29, 0.717) is 12.3 Å². The topological polar surface area (TPSA) is 79.0 Å². The Hall–Kier alpha value is -2.25. The van der Waals surface area contributed by atoms with Crippen LogP contribution in [0, 0.1) is 23.7 Å². The maximum Gasteiger partial charge on any atom is 0.192 e. The Morgan fingerprint density at radius 1 is 1.11 bits per heavy atom. The summed E-state index contributed by atoms with van der Waals surface area (Å²) in [4.78, 5) is 6.63. The van der Waals surface area contributed by atoms with Crippen LogP contribution in [0.1, 0.15) is 57.9 Å². The number of hydrogen-bond acceptors (Lipinski definition) is 6. The Kier molecular flexibility index (Phi) is 4.66. The molecule has 3 heterocycles. The minimum absolute atomic E-state index is 0.144. The Labute approximate surface area is 218 Å². The molecular formula is C31H38N2O4. The van der Waals surface area contributed by atoms with Crippen molar-refractivity contribution in [2.75, 3.05) is 14.1 Å². The first kappa shape index (κ1) is 23.8. The van der Waals surface area contributed by atoms with Crippen LogP contribution in [0.3, 0.4) is 0 Å². The van der Waals surface area contributed by atoms with Crippen molar-refractivity contribution in [3.63, 3.8) is 0 Å². The summed E-state index contributed by atoms with van der Waals surface area (Å²) in [6.07, 6.45) is 8.77. The van der Waals surface area contributed by atoms with E-state index < -0.39 is 17.8 Å². The third-order valence-corrected chi connectivity index (χ3v) is 10.9. The van der Waals surface area contributed by atoms with Crippen molar-refractivity contribution in [3.05, 3.63) is 59.0 Å². The standard InChI is InChI=1S/C31H38N2O4/c1-17-32-22-13-18(7-9-24(22)36-17)20-8-10-25-29(20,4)28(2,3)15-19-14-21-26(34)27(35)23(33(5)6)16-30(21)11-12-31(19,25)37-30/h7-9,13-15,23,25-27,34-35H,10-12,16H2,1-6H3/t23-,25?,26+,27+,29+,30+,31+/m0/s1. The molecule has 7 rings (SSSR count). The predicted octanol–water partition coefficient (Wildman–Crippen LogP) is 4.80. The Morgan fingerprint density at radius 3 is 2.65 bits per heavy atom. The van der Waals surface area contributed by atoms with Gasteiger partial charge in [-0.05, 0) is 79.6 Å². The van der Waals surface area contributed by atoms with Crippen molar-refractivity contribution < 1.29 is 19.4 Å². The first-order valence-corrected chi connectivity index (χ1v) is 13.7. The molecule has 2 aromatic rings. The lowest BCUT2D eigenvalue weighted by atomic mass is 9.49. The summed E-state index contributed by atoms with van der Waals surface area (Å²) < 4.78 is 13.1. The van der Waals surface area contributed by atoms with Crippen LogP contribution in [0.2, 0.25) is 0 Å². The van der Waals surface area contributed by atoms with Crippen molar-refractivity contribution in [2.45, 2.75) is 82.8 Å². The number of rotatable bonds is 2. The van der Waals surface area contributed by atoms with E-state index >= 15 is 0 Å². The molecule has 2 bridgehead atoms. The van der Waals surface area contributed by atoms with Crippen LogP contribution in [0.5, 0.6) is 0 Å². The number of allylic oxidation sites excluding steroid dienone is 3. The molecule has 7 atom stereocenters. The molecule has 1 saturated heterocycles. The highest BCUT2D eigenvalue weighted by molar-refractivity contribution is 5.83. The van der Waals surface area contributed by atoms with Gasteiger partial charge < -0.3 is 24.3 Å². The average Bonchev–Trinajstić information content (AvgIpc) is 3.49. The number of aromatic nitrogens is 1. The first-order valence-electron chi connectivity index (χ1n) is 13.7. The van der Waals surface area contributed by atoms with Gasteiger partial charge in [-0.2, -0.15) is 0 Å². The number of nitrogens with zero attached hydrogens (tertiary/aromatic N) is 2. The molecule has 2 aliphatic heterocycles. The van der Waals surface area contributed by atoms with E-state index in [-0.39, 0.29) is 28.4 Å². The molecule has 2 spiro atoms. The largest absolute Gasteiger partial charge is 0.441 e. The lowest BCUT2D eigenvalue weighted by molar-refractivity contribution is -0.170. The van der Waals surface area contributed by atoms with E-state index in [1.54, 1.807) is 0 Å². The van der Waals surface area contributed by atoms with Gasteiger partial charge in [-0.15, -0.1) is 0 Å². The van der Waals surface area contributed by atoms with Crippen LogP contribution < -0.4 is 0 Å². The minimum Gasteiger partial charge on any atom is -0.441 e. The van der Waals surface area contributed by atoms with E-state index in [9.17, 15) is 10.2 Å². The van der Waals surface area contributed by atoms with Gasteiger partial charge in [0.25, 0.3) is 0 Å². The van der Waals surface area contributed by atoms with Gasteiger partial charge >= 0.3 is 0 Å². The molecule has 0 radical (unpaired) electrons. The molecule has 3 aliphatic carbocycles. The molecule has 6 heteroatoms. The number of ether oxygens (including phenoxy) is 1. The zero-order chi connectivity index (χ0) is 26.1. The number of likely N-dealkylation sites (N-methyl/N-ethyl adjacent to an activating group) is 1. The second-order valence-corrected chi connectivity index (χ2v) is 13.1. The summed E-state index contributed by atoms with van der Waals surface area (Å²) in [7, 11) is 3.96. The molecule has 1 aromatic carbocycles. The van der Waals surface area contributed by atoms with Crippen LogP contribution >= 0.6 is 0 Å². The molecule has 37 heavy (non-hydrogen) atoms. The SMILES string of the molecule is Cc1nc2cc(C3=CCC4[C@@]56CC[C@]7(C[C@H](N(C)C)[C@@H](O)[C@H](O)C7=CC5=CC(C)(C)[C@]34C)O6)ccc2o1. The number of aliphatic hydroxyl groups is 2. The van der Waals surface area contributed by atoms with Crippen LogP contribution in [0.25, 0.3) is 16.7 Å². The second kappa shape index (κ2) is 7.23. The predicted molar refractivity (Wildman–Crippen MR) is 143 cm³/mol. The van der Waals surface area contributed by atoms with E-state index in [4.69, 9.17) is 9.15 Å². The van der Waals surface area contributed by atoms with Gasteiger partial charge in [-0.25, -0.2) is 4.98 Å². The van der Waals surface area contributed by atoms with Crippen molar-refractivity contribution >= 4 is 16.7 Å². The number of benzene rings is 1. The number of aryl methyl sites for hydroxylation is 1. The Morgan fingerprint density at radius 2 is 1.89 bits per heavy atom. The zero-order valence-electron chi connectivity index (χ0n) is 22.7.